The van der Waals surface area contributed by atoms with Crippen LogP contribution in [0, 0.1) is 0 Å². The average molecular weight is 181 g/mol. The van der Waals surface area contributed by atoms with Crippen molar-refractivity contribution in [2.24, 2.45) is 0 Å². The van der Waals surface area contributed by atoms with Gasteiger partial charge in [0.05, 0.1) is 6.10 Å². The molecule has 1 rings (SSSR count). The predicted octanol–water partition coefficient (Wildman–Crippen LogP) is 2.07. The molecule has 0 aliphatic rings. The monoisotopic (exact) mass is 181 g/mol. The number of ether oxygens (including phenoxy) is 1. The Balaban J connectivity index is 2.76. The minimum Gasteiger partial charge on any atom is -0.458 e. The second kappa shape index (κ2) is 4.12. The molecule has 1 aromatic rings. The molecule has 3 nitrogen and oxygen atoms in total. The van der Waals surface area contributed by atoms with Gasteiger partial charge in [0.15, 0.2) is 0 Å². The van der Waals surface area contributed by atoms with E-state index in [1.54, 1.807) is 6.07 Å². The molecule has 3 heteroatoms. The summed E-state index contributed by atoms with van der Waals surface area (Å²) in [5.41, 5.74) is 0.621. The SMILES string of the molecule is CCn1cccc1C(=O)OC(C)C. The fourth-order valence-electron chi connectivity index (χ4n) is 1.15. The summed E-state index contributed by atoms with van der Waals surface area (Å²) in [5, 5.41) is 0. The zero-order valence-corrected chi connectivity index (χ0v) is 8.28. The maximum atomic E-state index is 11.5. The van der Waals surface area contributed by atoms with Gasteiger partial charge in [-0.3, -0.25) is 0 Å². The number of aromatic nitrogens is 1. The third-order valence-corrected chi connectivity index (χ3v) is 1.72. The summed E-state index contributed by atoms with van der Waals surface area (Å²) in [7, 11) is 0. The molecular formula is C10H15NO2. The Labute approximate surface area is 78.3 Å². The summed E-state index contributed by atoms with van der Waals surface area (Å²) < 4.78 is 6.94. The molecule has 0 aliphatic carbocycles. The van der Waals surface area contributed by atoms with E-state index in [1.807, 2.05) is 37.6 Å². The third-order valence-electron chi connectivity index (χ3n) is 1.72. The summed E-state index contributed by atoms with van der Waals surface area (Å²) in [6.07, 6.45) is 1.81. The van der Waals surface area contributed by atoms with Gasteiger partial charge in [0.2, 0.25) is 0 Å². The lowest BCUT2D eigenvalue weighted by Crippen LogP contribution is -2.15. The van der Waals surface area contributed by atoms with Crippen LogP contribution in [0.3, 0.4) is 0 Å². The van der Waals surface area contributed by atoms with Crippen LogP contribution in [-0.4, -0.2) is 16.6 Å². The topological polar surface area (TPSA) is 31.2 Å². The minimum atomic E-state index is -0.248. The highest BCUT2D eigenvalue weighted by Crippen LogP contribution is 2.05. The summed E-state index contributed by atoms with van der Waals surface area (Å²) in [6.45, 7) is 6.47. The molecule has 1 aromatic heterocycles. The van der Waals surface area contributed by atoms with E-state index >= 15 is 0 Å². The number of carbonyl (C=O) groups excluding carboxylic acids is 1. The van der Waals surface area contributed by atoms with E-state index in [-0.39, 0.29) is 12.1 Å². The molecule has 0 radical (unpaired) electrons. The molecule has 0 bridgehead atoms. The van der Waals surface area contributed by atoms with Gasteiger partial charge >= 0.3 is 5.97 Å². The molecule has 0 amide bonds. The maximum absolute atomic E-state index is 11.5. The van der Waals surface area contributed by atoms with E-state index in [2.05, 4.69) is 0 Å². The molecule has 0 spiro atoms. The van der Waals surface area contributed by atoms with Crippen molar-refractivity contribution in [2.75, 3.05) is 0 Å². The fraction of sp³-hybridized carbons (Fsp3) is 0.500. The quantitative estimate of drug-likeness (QED) is 0.668. The maximum Gasteiger partial charge on any atom is 0.355 e. The van der Waals surface area contributed by atoms with Crippen LogP contribution in [0.2, 0.25) is 0 Å². The van der Waals surface area contributed by atoms with Gasteiger partial charge in [-0.1, -0.05) is 0 Å². The zero-order valence-electron chi connectivity index (χ0n) is 8.28. The fourth-order valence-corrected chi connectivity index (χ4v) is 1.15. The van der Waals surface area contributed by atoms with Gasteiger partial charge in [-0.2, -0.15) is 0 Å². The van der Waals surface area contributed by atoms with E-state index in [0.29, 0.717) is 5.69 Å². The van der Waals surface area contributed by atoms with Crippen molar-refractivity contribution in [1.82, 2.24) is 4.57 Å². The Kier molecular flexibility index (Phi) is 3.12. The Bertz CT molecular complexity index is 289. The zero-order chi connectivity index (χ0) is 9.84. The standard InChI is InChI=1S/C10H15NO2/c1-4-11-7-5-6-9(11)10(12)13-8(2)3/h5-8H,4H2,1-3H3. The normalized spacial score (nSPS) is 10.5. The molecular weight excluding hydrogens is 166 g/mol. The molecule has 0 unspecified atom stereocenters. The number of carbonyl (C=O) groups is 1. The number of nitrogens with zero attached hydrogens (tertiary/aromatic N) is 1. The summed E-state index contributed by atoms with van der Waals surface area (Å²) >= 11 is 0. The van der Waals surface area contributed by atoms with Crippen LogP contribution >= 0.6 is 0 Å². The van der Waals surface area contributed by atoms with Crippen molar-refractivity contribution in [1.29, 1.82) is 0 Å². The summed E-state index contributed by atoms with van der Waals surface area (Å²) in [4.78, 5) is 11.5. The highest BCUT2D eigenvalue weighted by molar-refractivity contribution is 5.87. The van der Waals surface area contributed by atoms with Gasteiger partial charge in [-0.15, -0.1) is 0 Å². The van der Waals surface area contributed by atoms with Crippen LogP contribution in [0.5, 0.6) is 0 Å². The van der Waals surface area contributed by atoms with Crippen LogP contribution in [-0.2, 0) is 11.3 Å². The lowest BCUT2D eigenvalue weighted by molar-refractivity contribution is 0.0365. The van der Waals surface area contributed by atoms with Crippen LogP contribution in [0.25, 0.3) is 0 Å². The number of hydrogen-bond donors (Lipinski definition) is 0. The van der Waals surface area contributed by atoms with Gasteiger partial charge in [-0.25, -0.2) is 4.79 Å². The van der Waals surface area contributed by atoms with Crippen LogP contribution in [0.15, 0.2) is 18.3 Å². The summed E-state index contributed by atoms with van der Waals surface area (Å²) in [6, 6.07) is 3.62. The van der Waals surface area contributed by atoms with Crippen LogP contribution in [0.1, 0.15) is 31.3 Å². The largest absolute Gasteiger partial charge is 0.458 e. The lowest BCUT2D eigenvalue weighted by Gasteiger charge is -2.09. The van der Waals surface area contributed by atoms with Gasteiger partial charge in [0.1, 0.15) is 5.69 Å². The number of aryl methyl sites for hydroxylation is 1. The molecule has 0 aliphatic heterocycles. The first-order chi connectivity index (χ1) is 6.15. The first kappa shape index (κ1) is 9.84. The number of rotatable bonds is 3. The molecule has 1 heterocycles. The number of esters is 1. The van der Waals surface area contributed by atoms with Crippen molar-refractivity contribution in [3.63, 3.8) is 0 Å². The van der Waals surface area contributed by atoms with Crippen LogP contribution < -0.4 is 0 Å². The van der Waals surface area contributed by atoms with E-state index in [1.165, 1.54) is 0 Å². The molecule has 72 valence electrons. The van der Waals surface area contributed by atoms with E-state index < -0.39 is 0 Å². The van der Waals surface area contributed by atoms with Gasteiger partial charge in [0.25, 0.3) is 0 Å². The van der Waals surface area contributed by atoms with Gasteiger partial charge in [-0.05, 0) is 32.9 Å². The Morgan fingerprint density at radius 2 is 2.31 bits per heavy atom. The molecule has 0 saturated heterocycles. The Morgan fingerprint density at radius 3 is 2.85 bits per heavy atom. The van der Waals surface area contributed by atoms with Crippen molar-refractivity contribution in [2.45, 2.75) is 33.4 Å². The van der Waals surface area contributed by atoms with Crippen molar-refractivity contribution >= 4 is 5.97 Å². The molecule has 0 saturated carbocycles. The van der Waals surface area contributed by atoms with Crippen molar-refractivity contribution in [3.8, 4) is 0 Å². The van der Waals surface area contributed by atoms with Crippen molar-refractivity contribution in [3.05, 3.63) is 24.0 Å². The molecule has 0 aromatic carbocycles. The Morgan fingerprint density at radius 1 is 1.62 bits per heavy atom. The molecule has 0 N–H and O–H groups in total. The van der Waals surface area contributed by atoms with Crippen molar-refractivity contribution < 1.29 is 9.53 Å². The highest BCUT2D eigenvalue weighted by Gasteiger charge is 2.12. The van der Waals surface area contributed by atoms with Gasteiger partial charge < -0.3 is 9.30 Å². The average Bonchev–Trinajstić information content (AvgIpc) is 2.49. The smallest absolute Gasteiger partial charge is 0.355 e. The Hall–Kier alpha value is -1.25. The van der Waals surface area contributed by atoms with Gasteiger partial charge in [0, 0.05) is 12.7 Å². The van der Waals surface area contributed by atoms with E-state index in [4.69, 9.17) is 4.74 Å². The highest BCUT2D eigenvalue weighted by atomic mass is 16.5. The first-order valence-corrected chi connectivity index (χ1v) is 4.51. The summed E-state index contributed by atoms with van der Waals surface area (Å²) in [5.74, 6) is -0.248. The van der Waals surface area contributed by atoms with Crippen LogP contribution in [0.4, 0.5) is 0 Å². The predicted molar refractivity (Wildman–Crippen MR) is 50.7 cm³/mol. The van der Waals surface area contributed by atoms with E-state index in [9.17, 15) is 4.79 Å². The first-order valence-electron chi connectivity index (χ1n) is 4.51. The minimum absolute atomic E-state index is 0.0623. The molecule has 0 fully saturated rings. The third kappa shape index (κ3) is 2.34. The number of hydrogen-bond acceptors (Lipinski definition) is 2. The second-order valence-electron chi connectivity index (χ2n) is 3.13. The second-order valence-corrected chi connectivity index (χ2v) is 3.13. The van der Waals surface area contributed by atoms with E-state index in [0.717, 1.165) is 6.54 Å². The lowest BCUT2D eigenvalue weighted by atomic mass is 10.4. The molecule has 13 heavy (non-hydrogen) atoms. The molecule has 0 atom stereocenters.